The molecule has 0 aliphatic rings. The van der Waals surface area contributed by atoms with Crippen LogP contribution >= 0.6 is 0 Å². The molecule has 5 nitrogen and oxygen atoms in total. The predicted octanol–water partition coefficient (Wildman–Crippen LogP) is 1.01. The van der Waals surface area contributed by atoms with Gasteiger partial charge in [-0.15, -0.1) is 10.2 Å². The molecule has 0 bridgehead atoms. The van der Waals surface area contributed by atoms with Gasteiger partial charge in [0.2, 0.25) is 5.56 Å². The number of nitrogens with one attached hydrogen (secondary N) is 1. The first-order valence-corrected chi connectivity index (χ1v) is 4.71. The number of H-pyrrole nitrogens is 1. The second-order valence-electron chi connectivity index (χ2n) is 4.44. The molecule has 0 radical (unpaired) electrons. The normalized spacial score (nSPS) is 11.9. The summed E-state index contributed by atoms with van der Waals surface area (Å²) >= 11 is 0. The van der Waals surface area contributed by atoms with Crippen molar-refractivity contribution in [2.45, 2.75) is 26.2 Å². The zero-order valence-corrected chi connectivity index (χ0v) is 8.90. The standard InChI is InChI=1S/C10H12N4O/c1-10(2,3)9-12-8-6(13-14-9)4-5-7(15)11-8/h4-5H,1-3H3,(H,11,12,14,15). The minimum atomic E-state index is -0.178. The number of hydrogen-bond donors (Lipinski definition) is 1. The van der Waals surface area contributed by atoms with E-state index < -0.39 is 0 Å². The molecule has 0 spiro atoms. The van der Waals surface area contributed by atoms with Gasteiger partial charge in [0.15, 0.2) is 11.5 Å². The third kappa shape index (κ3) is 1.86. The molecule has 0 aliphatic heterocycles. The Morgan fingerprint density at radius 3 is 2.60 bits per heavy atom. The summed E-state index contributed by atoms with van der Waals surface area (Å²) in [5, 5.41) is 8.03. The maximum Gasteiger partial charge on any atom is 0.249 e. The molecular weight excluding hydrogens is 192 g/mol. The summed E-state index contributed by atoms with van der Waals surface area (Å²) < 4.78 is 0. The third-order valence-corrected chi connectivity index (χ3v) is 2.02. The van der Waals surface area contributed by atoms with Crippen LogP contribution in [0.2, 0.25) is 0 Å². The van der Waals surface area contributed by atoms with Crippen molar-refractivity contribution in [1.82, 2.24) is 20.2 Å². The van der Waals surface area contributed by atoms with Crippen LogP contribution in [0.4, 0.5) is 0 Å². The van der Waals surface area contributed by atoms with Gasteiger partial charge in [-0.1, -0.05) is 20.8 Å². The Labute approximate surface area is 86.6 Å². The van der Waals surface area contributed by atoms with Crippen LogP contribution in [-0.4, -0.2) is 20.2 Å². The van der Waals surface area contributed by atoms with Crippen LogP contribution in [0.3, 0.4) is 0 Å². The second-order valence-corrected chi connectivity index (χ2v) is 4.44. The predicted molar refractivity (Wildman–Crippen MR) is 56.7 cm³/mol. The summed E-state index contributed by atoms with van der Waals surface area (Å²) in [6.45, 7) is 5.99. The summed E-state index contributed by atoms with van der Waals surface area (Å²) in [6.07, 6.45) is 0. The highest BCUT2D eigenvalue weighted by molar-refractivity contribution is 5.67. The minimum absolute atomic E-state index is 0.173. The molecule has 15 heavy (non-hydrogen) atoms. The van der Waals surface area contributed by atoms with E-state index in [1.807, 2.05) is 20.8 Å². The van der Waals surface area contributed by atoms with E-state index in [1.54, 1.807) is 6.07 Å². The van der Waals surface area contributed by atoms with Gasteiger partial charge in [-0.05, 0) is 6.07 Å². The molecule has 2 heterocycles. The van der Waals surface area contributed by atoms with Gasteiger partial charge in [0, 0.05) is 11.5 Å². The quantitative estimate of drug-likeness (QED) is 0.695. The number of fused-ring (bicyclic) bond motifs is 1. The first kappa shape index (κ1) is 9.76. The molecule has 0 unspecified atom stereocenters. The average Bonchev–Trinajstić information content (AvgIpc) is 2.15. The highest BCUT2D eigenvalue weighted by Crippen LogP contribution is 2.17. The topological polar surface area (TPSA) is 71.5 Å². The monoisotopic (exact) mass is 204 g/mol. The lowest BCUT2D eigenvalue weighted by atomic mass is 9.96. The molecule has 0 fully saturated rings. The molecule has 2 aromatic heterocycles. The molecule has 0 atom stereocenters. The summed E-state index contributed by atoms with van der Waals surface area (Å²) in [7, 11) is 0. The lowest BCUT2D eigenvalue weighted by Gasteiger charge is -2.14. The maximum absolute atomic E-state index is 11.1. The Bertz CT molecular complexity index is 553. The maximum atomic E-state index is 11.1. The minimum Gasteiger partial charge on any atom is -0.305 e. The van der Waals surface area contributed by atoms with E-state index in [0.29, 0.717) is 17.0 Å². The molecule has 0 saturated carbocycles. The van der Waals surface area contributed by atoms with Gasteiger partial charge in [-0.3, -0.25) is 4.79 Å². The van der Waals surface area contributed by atoms with E-state index in [-0.39, 0.29) is 11.0 Å². The Hall–Kier alpha value is -1.78. The number of nitrogens with zero attached hydrogens (tertiary/aromatic N) is 3. The molecule has 5 heteroatoms. The first-order valence-electron chi connectivity index (χ1n) is 4.71. The molecule has 2 rings (SSSR count). The highest BCUT2D eigenvalue weighted by Gasteiger charge is 2.18. The lowest BCUT2D eigenvalue weighted by molar-refractivity contribution is 0.537. The van der Waals surface area contributed by atoms with Crippen molar-refractivity contribution < 1.29 is 0 Å². The number of aromatic nitrogens is 4. The number of hydrogen-bond acceptors (Lipinski definition) is 4. The molecular formula is C10H12N4O. The molecule has 0 amide bonds. The van der Waals surface area contributed by atoms with Gasteiger partial charge < -0.3 is 4.98 Å². The molecule has 1 N–H and O–H groups in total. The van der Waals surface area contributed by atoms with Crippen molar-refractivity contribution in [2.24, 2.45) is 0 Å². The van der Waals surface area contributed by atoms with Crippen molar-refractivity contribution in [2.75, 3.05) is 0 Å². The number of pyridine rings is 1. The summed E-state index contributed by atoms with van der Waals surface area (Å²) in [5.74, 6) is 0.622. The fourth-order valence-corrected chi connectivity index (χ4v) is 1.17. The number of aromatic amines is 1. The highest BCUT2D eigenvalue weighted by atomic mass is 16.1. The van der Waals surface area contributed by atoms with Gasteiger partial charge in [0.1, 0.15) is 5.52 Å². The van der Waals surface area contributed by atoms with Crippen LogP contribution in [0, 0.1) is 0 Å². The van der Waals surface area contributed by atoms with Crippen LogP contribution < -0.4 is 5.56 Å². The van der Waals surface area contributed by atoms with Crippen LogP contribution in [0.15, 0.2) is 16.9 Å². The van der Waals surface area contributed by atoms with Gasteiger partial charge in [-0.25, -0.2) is 4.98 Å². The van der Waals surface area contributed by atoms with Crippen molar-refractivity contribution in [3.8, 4) is 0 Å². The summed E-state index contributed by atoms with van der Waals surface area (Å²) in [4.78, 5) is 18.0. The van der Waals surface area contributed by atoms with Crippen LogP contribution in [0.5, 0.6) is 0 Å². The Morgan fingerprint density at radius 1 is 1.20 bits per heavy atom. The van der Waals surface area contributed by atoms with E-state index in [9.17, 15) is 4.79 Å². The van der Waals surface area contributed by atoms with E-state index >= 15 is 0 Å². The fourth-order valence-electron chi connectivity index (χ4n) is 1.17. The lowest BCUT2D eigenvalue weighted by Crippen LogP contribution is -2.18. The largest absolute Gasteiger partial charge is 0.305 e. The second kappa shape index (κ2) is 3.12. The van der Waals surface area contributed by atoms with Gasteiger partial charge in [0.25, 0.3) is 0 Å². The Kier molecular flexibility index (Phi) is 2.03. The summed E-state index contributed by atoms with van der Waals surface area (Å²) in [5.41, 5.74) is 0.737. The van der Waals surface area contributed by atoms with Crippen molar-refractivity contribution in [3.05, 3.63) is 28.3 Å². The van der Waals surface area contributed by atoms with Crippen LogP contribution in [0.1, 0.15) is 26.6 Å². The zero-order valence-electron chi connectivity index (χ0n) is 8.90. The van der Waals surface area contributed by atoms with E-state index in [0.717, 1.165) is 0 Å². The van der Waals surface area contributed by atoms with E-state index in [4.69, 9.17) is 0 Å². The van der Waals surface area contributed by atoms with Gasteiger partial charge >= 0.3 is 0 Å². The number of rotatable bonds is 0. The Morgan fingerprint density at radius 2 is 1.93 bits per heavy atom. The Balaban J connectivity index is 2.70. The van der Waals surface area contributed by atoms with Crippen molar-refractivity contribution in [3.63, 3.8) is 0 Å². The fraction of sp³-hybridized carbons (Fsp3) is 0.400. The smallest absolute Gasteiger partial charge is 0.249 e. The SMILES string of the molecule is CC(C)(C)c1nnc2ccc(=O)[nH]c2n1. The molecule has 2 aromatic rings. The molecule has 0 aliphatic carbocycles. The van der Waals surface area contributed by atoms with Crippen LogP contribution in [0.25, 0.3) is 11.2 Å². The first-order chi connectivity index (χ1) is 6.97. The van der Waals surface area contributed by atoms with Gasteiger partial charge in [-0.2, -0.15) is 0 Å². The van der Waals surface area contributed by atoms with Crippen LogP contribution in [-0.2, 0) is 5.41 Å². The van der Waals surface area contributed by atoms with E-state index in [1.165, 1.54) is 6.07 Å². The van der Waals surface area contributed by atoms with Crippen molar-refractivity contribution >= 4 is 11.2 Å². The zero-order chi connectivity index (χ0) is 11.1. The third-order valence-electron chi connectivity index (χ3n) is 2.02. The molecule has 0 saturated heterocycles. The summed E-state index contributed by atoms with van der Waals surface area (Å²) in [6, 6.07) is 3.02. The average molecular weight is 204 g/mol. The molecule has 78 valence electrons. The van der Waals surface area contributed by atoms with Crippen molar-refractivity contribution in [1.29, 1.82) is 0 Å². The van der Waals surface area contributed by atoms with E-state index in [2.05, 4.69) is 20.2 Å². The van der Waals surface area contributed by atoms with Gasteiger partial charge in [0.05, 0.1) is 0 Å². The molecule has 0 aromatic carbocycles.